The molecule has 3 N–H and O–H groups in total. The molecule has 4 aromatic rings. The van der Waals surface area contributed by atoms with E-state index in [-0.39, 0.29) is 11.4 Å². The van der Waals surface area contributed by atoms with E-state index in [1.807, 2.05) is 30.5 Å². The Hall–Kier alpha value is -3.01. The van der Waals surface area contributed by atoms with Crippen LogP contribution in [0.2, 0.25) is 0 Å². The third-order valence-electron chi connectivity index (χ3n) is 5.81. The zero-order valence-electron chi connectivity index (χ0n) is 17.7. The summed E-state index contributed by atoms with van der Waals surface area (Å²) in [6.07, 6.45) is 10.4. The van der Waals surface area contributed by atoms with Crippen LogP contribution in [0.15, 0.2) is 66.1 Å². The zero-order valence-corrected chi connectivity index (χ0v) is 18.5. The minimum atomic E-state index is -3.64. The number of hydrogen-bond donors (Lipinski definition) is 2. The van der Waals surface area contributed by atoms with Gasteiger partial charge >= 0.3 is 0 Å². The van der Waals surface area contributed by atoms with E-state index in [2.05, 4.69) is 37.5 Å². The number of pyridine rings is 1. The van der Waals surface area contributed by atoms with Crippen LogP contribution in [-0.4, -0.2) is 27.6 Å². The van der Waals surface area contributed by atoms with Crippen molar-refractivity contribution in [3.63, 3.8) is 0 Å². The van der Waals surface area contributed by atoms with E-state index >= 15 is 0 Å². The molecule has 1 aromatic carbocycles. The number of aryl methyl sites for hydroxylation is 2. The molecule has 1 fully saturated rings. The number of benzene rings is 1. The van der Waals surface area contributed by atoms with Crippen molar-refractivity contribution in [2.45, 2.75) is 49.7 Å². The van der Waals surface area contributed by atoms with Crippen LogP contribution < -0.4 is 10.5 Å². The van der Waals surface area contributed by atoms with Gasteiger partial charge in [0.2, 0.25) is 10.0 Å². The molecule has 166 valence electrons. The predicted octanol–water partition coefficient (Wildman–Crippen LogP) is 2.59. The van der Waals surface area contributed by atoms with Gasteiger partial charge in [-0.15, -0.1) is 0 Å². The van der Waals surface area contributed by atoms with Crippen molar-refractivity contribution in [3.8, 4) is 0 Å². The van der Waals surface area contributed by atoms with Crippen LogP contribution in [0.1, 0.15) is 41.1 Å². The SMILES string of the molecule is NCc1ccc(CNS(=O)(=O)c2cnn(CCc3cn4cc(C5CC5)ccc4n3)c2)cc1. The lowest BCUT2D eigenvalue weighted by molar-refractivity contribution is 0.580. The molecule has 3 aromatic heterocycles. The number of aromatic nitrogens is 4. The molecule has 0 amide bonds. The van der Waals surface area contributed by atoms with Gasteiger partial charge < -0.3 is 10.1 Å². The number of imidazole rings is 1. The Morgan fingerprint density at radius 1 is 1.03 bits per heavy atom. The van der Waals surface area contributed by atoms with E-state index in [4.69, 9.17) is 5.73 Å². The molecule has 0 bridgehead atoms. The number of nitrogens with zero attached hydrogens (tertiary/aromatic N) is 4. The summed E-state index contributed by atoms with van der Waals surface area (Å²) in [5.74, 6) is 0.702. The van der Waals surface area contributed by atoms with E-state index in [0.717, 1.165) is 22.5 Å². The van der Waals surface area contributed by atoms with Gasteiger partial charge in [-0.2, -0.15) is 5.10 Å². The summed E-state index contributed by atoms with van der Waals surface area (Å²) in [6.45, 7) is 1.22. The van der Waals surface area contributed by atoms with Gasteiger partial charge in [0.05, 0.1) is 11.9 Å². The fraction of sp³-hybridized carbons (Fsp3) is 0.304. The number of sulfonamides is 1. The number of nitrogens with one attached hydrogen (secondary N) is 1. The minimum absolute atomic E-state index is 0.153. The average Bonchev–Trinajstić information content (AvgIpc) is 3.39. The van der Waals surface area contributed by atoms with Gasteiger partial charge in [-0.1, -0.05) is 30.3 Å². The highest BCUT2D eigenvalue weighted by atomic mass is 32.2. The normalized spacial score (nSPS) is 14.3. The molecule has 1 aliphatic rings. The predicted molar refractivity (Wildman–Crippen MR) is 121 cm³/mol. The van der Waals surface area contributed by atoms with E-state index in [0.29, 0.717) is 25.4 Å². The fourth-order valence-electron chi connectivity index (χ4n) is 3.73. The van der Waals surface area contributed by atoms with Crippen molar-refractivity contribution >= 4 is 15.7 Å². The van der Waals surface area contributed by atoms with Crippen LogP contribution in [0.5, 0.6) is 0 Å². The summed E-state index contributed by atoms with van der Waals surface area (Å²) in [4.78, 5) is 4.82. The van der Waals surface area contributed by atoms with Gasteiger partial charge in [0.1, 0.15) is 10.5 Å². The van der Waals surface area contributed by atoms with Crippen molar-refractivity contribution in [1.29, 1.82) is 0 Å². The highest BCUT2D eigenvalue weighted by molar-refractivity contribution is 7.89. The van der Waals surface area contributed by atoms with Crippen molar-refractivity contribution < 1.29 is 8.42 Å². The third kappa shape index (κ3) is 4.59. The molecule has 8 nitrogen and oxygen atoms in total. The Kier molecular flexibility index (Phi) is 5.54. The topological polar surface area (TPSA) is 107 Å². The highest BCUT2D eigenvalue weighted by Gasteiger charge is 2.23. The lowest BCUT2D eigenvalue weighted by atomic mass is 10.1. The quantitative estimate of drug-likeness (QED) is 0.408. The molecule has 0 spiro atoms. The van der Waals surface area contributed by atoms with Gasteiger partial charge in [0.25, 0.3) is 0 Å². The first kappa shape index (κ1) is 20.9. The van der Waals surface area contributed by atoms with Crippen molar-refractivity contribution in [1.82, 2.24) is 23.9 Å². The molecular weight excluding hydrogens is 424 g/mol. The Morgan fingerprint density at radius 3 is 2.56 bits per heavy atom. The summed E-state index contributed by atoms with van der Waals surface area (Å²) in [7, 11) is -3.64. The lowest BCUT2D eigenvalue weighted by Gasteiger charge is -2.05. The molecule has 1 saturated carbocycles. The maximum Gasteiger partial charge on any atom is 0.243 e. The van der Waals surface area contributed by atoms with E-state index in [1.54, 1.807) is 10.9 Å². The molecule has 3 heterocycles. The number of fused-ring (bicyclic) bond motifs is 1. The Balaban J connectivity index is 1.20. The molecular formula is C23H26N6O2S. The molecule has 1 aliphatic carbocycles. The maximum absolute atomic E-state index is 12.6. The fourth-order valence-corrected chi connectivity index (χ4v) is 4.70. The Bertz CT molecular complexity index is 1340. The second-order valence-corrected chi connectivity index (χ2v) is 10.0. The minimum Gasteiger partial charge on any atom is -0.326 e. The van der Waals surface area contributed by atoms with Crippen LogP contribution in [-0.2, 0) is 36.1 Å². The number of rotatable bonds is 9. The van der Waals surface area contributed by atoms with E-state index in [9.17, 15) is 8.42 Å². The van der Waals surface area contributed by atoms with Crippen LogP contribution in [0.3, 0.4) is 0 Å². The standard InChI is InChI=1S/C23H26N6O2S/c24-11-17-1-3-18(4-2-17)12-26-32(30,31)22-13-25-29(16-22)10-9-21-15-28-14-20(19-5-6-19)7-8-23(28)27-21/h1-4,7-8,13-16,19,26H,5-6,9-12,24H2. The Labute approximate surface area is 187 Å². The van der Waals surface area contributed by atoms with Crippen molar-refractivity contribution in [2.75, 3.05) is 0 Å². The van der Waals surface area contributed by atoms with Crippen LogP contribution >= 0.6 is 0 Å². The lowest BCUT2D eigenvalue weighted by Crippen LogP contribution is -2.23. The van der Waals surface area contributed by atoms with Crippen LogP contribution in [0.4, 0.5) is 0 Å². The number of nitrogens with two attached hydrogens (primary N) is 1. The second-order valence-electron chi connectivity index (χ2n) is 8.27. The summed E-state index contributed by atoms with van der Waals surface area (Å²) in [6, 6.07) is 11.8. The summed E-state index contributed by atoms with van der Waals surface area (Å²) in [5.41, 5.74) is 10.7. The molecule has 9 heteroatoms. The third-order valence-corrected chi connectivity index (χ3v) is 7.17. The second kappa shape index (κ2) is 8.50. The number of hydrogen-bond acceptors (Lipinski definition) is 5. The molecule has 0 atom stereocenters. The van der Waals surface area contributed by atoms with Gasteiger partial charge in [0, 0.05) is 44.6 Å². The molecule has 0 aliphatic heterocycles. The van der Waals surface area contributed by atoms with Gasteiger partial charge in [0.15, 0.2) is 0 Å². The summed E-state index contributed by atoms with van der Waals surface area (Å²) < 4.78 is 31.6. The maximum atomic E-state index is 12.6. The molecule has 0 saturated heterocycles. The molecule has 0 unspecified atom stereocenters. The van der Waals surface area contributed by atoms with Crippen LogP contribution in [0, 0.1) is 0 Å². The van der Waals surface area contributed by atoms with Gasteiger partial charge in [-0.25, -0.2) is 18.1 Å². The highest BCUT2D eigenvalue weighted by Crippen LogP contribution is 2.39. The Morgan fingerprint density at radius 2 is 1.81 bits per heavy atom. The first-order chi connectivity index (χ1) is 15.5. The molecule has 0 radical (unpaired) electrons. The smallest absolute Gasteiger partial charge is 0.243 e. The monoisotopic (exact) mass is 450 g/mol. The average molecular weight is 451 g/mol. The summed E-state index contributed by atoms with van der Waals surface area (Å²) in [5, 5.41) is 4.22. The van der Waals surface area contributed by atoms with E-state index in [1.165, 1.54) is 24.6 Å². The van der Waals surface area contributed by atoms with Crippen molar-refractivity contribution in [2.24, 2.45) is 5.73 Å². The first-order valence-corrected chi connectivity index (χ1v) is 12.3. The zero-order chi connectivity index (χ0) is 22.1. The van der Waals surface area contributed by atoms with Gasteiger partial charge in [-0.3, -0.25) is 4.68 Å². The van der Waals surface area contributed by atoms with Crippen LogP contribution in [0.25, 0.3) is 5.65 Å². The van der Waals surface area contributed by atoms with Crippen molar-refractivity contribution in [3.05, 3.63) is 83.6 Å². The first-order valence-electron chi connectivity index (χ1n) is 10.8. The largest absolute Gasteiger partial charge is 0.326 e. The summed E-state index contributed by atoms with van der Waals surface area (Å²) >= 11 is 0. The molecule has 5 rings (SSSR count). The van der Waals surface area contributed by atoms with Gasteiger partial charge in [-0.05, 0) is 41.5 Å². The van der Waals surface area contributed by atoms with E-state index < -0.39 is 10.0 Å². The molecule has 32 heavy (non-hydrogen) atoms.